The van der Waals surface area contributed by atoms with Gasteiger partial charge in [-0.25, -0.2) is 0 Å². The van der Waals surface area contributed by atoms with Crippen molar-refractivity contribution in [2.45, 2.75) is 39.6 Å². The SMILES string of the molecule is CCN(CC=CC#CC(C)(C)C)Cc1cccc(CBr)c1. The zero-order valence-electron chi connectivity index (χ0n) is 13.6. The fourth-order valence-electron chi connectivity index (χ4n) is 1.89. The first-order valence-corrected chi connectivity index (χ1v) is 8.60. The Labute approximate surface area is 138 Å². The van der Waals surface area contributed by atoms with Gasteiger partial charge >= 0.3 is 0 Å². The Balaban J connectivity index is 2.55. The molecule has 0 unspecified atom stereocenters. The fraction of sp³-hybridized carbons (Fsp3) is 0.474. The Morgan fingerprint density at radius 3 is 2.57 bits per heavy atom. The van der Waals surface area contributed by atoms with E-state index >= 15 is 0 Å². The summed E-state index contributed by atoms with van der Waals surface area (Å²) in [5.74, 6) is 6.34. The molecule has 0 bridgehead atoms. The second-order valence-electron chi connectivity index (χ2n) is 6.20. The maximum Gasteiger partial charge on any atom is 0.0283 e. The van der Waals surface area contributed by atoms with E-state index in [0.29, 0.717) is 0 Å². The quantitative estimate of drug-likeness (QED) is 0.516. The van der Waals surface area contributed by atoms with Crippen molar-refractivity contribution in [3.05, 3.63) is 47.5 Å². The van der Waals surface area contributed by atoms with Gasteiger partial charge in [-0.2, -0.15) is 0 Å². The zero-order chi connectivity index (χ0) is 15.7. The highest BCUT2D eigenvalue weighted by atomic mass is 79.9. The summed E-state index contributed by atoms with van der Waals surface area (Å²) in [6, 6.07) is 8.74. The number of halogens is 1. The van der Waals surface area contributed by atoms with E-state index in [9.17, 15) is 0 Å². The molecule has 0 aromatic heterocycles. The van der Waals surface area contributed by atoms with E-state index in [1.54, 1.807) is 0 Å². The van der Waals surface area contributed by atoms with E-state index in [1.807, 2.05) is 6.08 Å². The first kappa shape index (κ1) is 18.0. The van der Waals surface area contributed by atoms with Crippen molar-refractivity contribution in [3.8, 4) is 11.8 Å². The van der Waals surface area contributed by atoms with Crippen molar-refractivity contribution in [2.75, 3.05) is 13.1 Å². The van der Waals surface area contributed by atoms with Crippen molar-refractivity contribution in [1.29, 1.82) is 0 Å². The molecule has 0 spiro atoms. The van der Waals surface area contributed by atoms with Gasteiger partial charge in [-0.05, 0) is 44.5 Å². The second kappa shape index (κ2) is 9.07. The predicted molar refractivity (Wildman–Crippen MR) is 96.4 cm³/mol. The number of nitrogens with zero attached hydrogens (tertiary/aromatic N) is 1. The van der Waals surface area contributed by atoms with Crippen LogP contribution in [0.4, 0.5) is 0 Å². The van der Waals surface area contributed by atoms with Crippen molar-refractivity contribution >= 4 is 15.9 Å². The molecule has 114 valence electrons. The first-order valence-electron chi connectivity index (χ1n) is 7.48. The monoisotopic (exact) mass is 347 g/mol. The molecule has 21 heavy (non-hydrogen) atoms. The standard InChI is InChI=1S/C19H26BrN/c1-5-21(13-8-6-7-12-19(2,3)4)16-18-11-9-10-17(14-18)15-20/h6,8-11,14H,5,13,15-16H2,1-4H3. The number of benzene rings is 1. The third-order valence-corrected chi connectivity index (χ3v) is 3.66. The van der Waals surface area contributed by atoms with Gasteiger partial charge in [0.1, 0.15) is 0 Å². The maximum absolute atomic E-state index is 3.51. The number of likely N-dealkylation sites (N-methyl/N-ethyl adjacent to an activating group) is 1. The minimum Gasteiger partial charge on any atom is -0.296 e. The number of hydrogen-bond acceptors (Lipinski definition) is 1. The summed E-state index contributed by atoms with van der Waals surface area (Å²) in [7, 11) is 0. The summed E-state index contributed by atoms with van der Waals surface area (Å²) >= 11 is 3.51. The van der Waals surface area contributed by atoms with Gasteiger partial charge in [-0.3, -0.25) is 4.90 Å². The molecule has 1 nitrogen and oxygen atoms in total. The van der Waals surface area contributed by atoms with Crippen LogP contribution in [0, 0.1) is 17.3 Å². The zero-order valence-corrected chi connectivity index (χ0v) is 15.2. The molecule has 0 aliphatic rings. The number of allylic oxidation sites excluding steroid dienone is 1. The highest BCUT2D eigenvalue weighted by molar-refractivity contribution is 9.08. The van der Waals surface area contributed by atoms with Crippen LogP contribution in [-0.2, 0) is 11.9 Å². The van der Waals surface area contributed by atoms with Gasteiger partial charge in [-0.1, -0.05) is 65.0 Å². The number of alkyl halides is 1. The van der Waals surface area contributed by atoms with Crippen LogP contribution in [0.25, 0.3) is 0 Å². The molecule has 2 heteroatoms. The lowest BCUT2D eigenvalue weighted by atomic mass is 9.98. The fourth-order valence-corrected chi connectivity index (χ4v) is 2.24. The highest BCUT2D eigenvalue weighted by Gasteiger charge is 2.03. The Kier molecular flexibility index (Phi) is 7.78. The van der Waals surface area contributed by atoms with Crippen molar-refractivity contribution < 1.29 is 0 Å². The molecular weight excluding hydrogens is 322 g/mol. The number of hydrogen-bond donors (Lipinski definition) is 0. The molecule has 1 rings (SSSR count). The molecule has 1 aromatic rings. The van der Waals surface area contributed by atoms with Crippen LogP contribution in [0.15, 0.2) is 36.4 Å². The molecular formula is C19H26BrN. The highest BCUT2D eigenvalue weighted by Crippen LogP contribution is 2.11. The van der Waals surface area contributed by atoms with Crippen LogP contribution in [0.3, 0.4) is 0 Å². The third kappa shape index (κ3) is 8.09. The lowest BCUT2D eigenvalue weighted by molar-refractivity contribution is 0.311. The first-order chi connectivity index (χ1) is 9.94. The number of rotatable bonds is 6. The van der Waals surface area contributed by atoms with E-state index < -0.39 is 0 Å². The Hall–Kier alpha value is -1.04. The van der Waals surface area contributed by atoms with Crippen LogP contribution < -0.4 is 0 Å². The van der Waals surface area contributed by atoms with Gasteiger partial charge in [0.05, 0.1) is 0 Å². The Morgan fingerprint density at radius 2 is 1.95 bits per heavy atom. The van der Waals surface area contributed by atoms with Crippen molar-refractivity contribution in [2.24, 2.45) is 5.41 Å². The summed E-state index contributed by atoms with van der Waals surface area (Å²) in [5.41, 5.74) is 2.77. The molecule has 0 heterocycles. The van der Waals surface area contributed by atoms with Crippen molar-refractivity contribution in [1.82, 2.24) is 4.90 Å². The summed E-state index contributed by atoms with van der Waals surface area (Å²) in [6.45, 7) is 11.5. The maximum atomic E-state index is 3.51. The van der Waals surface area contributed by atoms with Gasteiger partial charge in [0.25, 0.3) is 0 Å². The summed E-state index contributed by atoms with van der Waals surface area (Å²) < 4.78 is 0. The molecule has 0 atom stereocenters. The molecule has 1 aromatic carbocycles. The van der Waals surface area contributed by atoms with Crippen molar-refractivity contribution in [3.63, 3.8) is 0 Å². The molecule has 0 N–H and O–H groups in total. The topological polar surface area (TPSA) is 3.24 Å². The van der Waals surface area contributed by atoms with Crippen LogP contribution in [0.2, 0.25) is 0 Å². The predicted octanol–water partition coefficient (Wildman–Crippen LogP) is 5.01. The molecule has 0 saturated heterocycles. The molecule has 0 aliphatic heterocycles. The molecule has 0 saturated carbocycles. The van der Waals surface area contributed by atoms with E-state index in [4.69, 9.17) is 0 Å². The Bertz CT molecular complexity index is 514. The average Bonchev–Trinajstić information content (AvgIpc) is 2.44. The summed E-state index contributed by atoms with van der Waals surface area (Å²) in [6.07, 6.45) is 4.12. The molecule has 0 radical (unpaired) electrons. The van der Waals surface area contributed by atoms with E-state index in [1.165, 1.54) is 11.1 Å². The molecule has 0 fully saturated rings. The van der Waals surface area contributed by atoms with Gasteiger partial charge in [0.2, 0.25) is 0 Å². The van der Waals surface area contributed by atoms with E-state index in [-0.39, 0.29) is 5.41 Å². The summed E-state index contributed by atoms with van der Waals surface area (Å²) in [5, 5.41) is 0.912. The minimum absolute atomic E-state index is 0.0743. The van der Waals surface area contributed by atoms with Gasteiger partial charge in [-0.15, -0.1) is 0 Å². The van der Waals surface area contributed by atoms with Crippen LogP contribution in [-0.4, -0.2) is 18.0 Å². The third-order valence-electron chi connectivity index (χ3n) is 3.01. The molecule has 0 amide bonds. The second-order valence-corrected chi connectivity index (χ2v) is 6.76. The minimum atomic E-state index is 0.0743. The van der Waals surface area contributed by atoms with Gasteiger partial charge in [0.15, 0.2) is 0 Å². The smallest absolute Gasteiger partial charge is 0.0283 e. The van der Waals surface area contributed by atoms with E-state index in [0.717, 1.165) is 25.0 Å². The lowest BCUT2D eigenvalue weighted by Crippen LogP contribution is -2.22. The van der Waals surface area contributed by atoms with Crippen LogP contribution in [0.1, 0.15) is 38.8 Å². The Morgan fingerprint density at radius 1 is 1.24 bits per heavy atom. The van der Waals surface area contributed by atoms with Gasteiger partial charge in [0, 0.05) is 23.8 Å². The van der Waals surface area contributed by atoms with Crippen LogP contribution in [0.5, 0.6) is 0 Å². The largest absolute Gasteiger partial charge is 0.296 e. The van der Waals surface area contributed by atoms with E-state index in [2.05, 4.69) is 90.7 Å². The summed E-state index contributed by atoms with van der Waals surface area (Å²) in [4.78, 5) is 2.41. The molecule has 0 aliphatic carbocycles. The normalized spacial score (nSPS) is 11.7. The lowest BCUT2D eigenvalue weighted by Gasteiger charge is -2.18. The van der Waals surface area contributed by atoms with Crippen LogP contribution >= 0.6 is 15.9 Å². The average molecular weight is 348 g/mol. The van der Waals surface area contributed by atoms with Gasteiger partial charge < -0.3 is 0 Å².